The summed E-state index contributed by atoms with van der Waals surface area (Å²) in [5.41, 5.74) is -0.235. The number of nitrogens with one attached hydrogen (secondary N) is 1. The molecule has 1 aromatic heterocycles. The van der Waals surface area contributed by atoms with Crippen LogP contribution in [-0.4, -0.2) is 28.2 Å². The molecule has 1 heterocycles. The molecule has 2 N–H and O–H groups in total. The Bertz CT molecular complexity index is 485. The molecule has 0 bridgehead atoms. The topological polar surface area (TPSA) is 71.3 Å². The molecule has 0 saturated heterocycles. The van der Waals surface area contributed by atoms with Gasteiger partial charge in [0.25, 0.3) is 5.56 Å². The van der Waals surface area contributed by atoms with Crippen LogP contribution >= 0.6 is 15.9 Å². The van der Waals surface area contributed by atoms with Gasteiger partial charge in [-0.05, 0) is 34.3 Å². The molecule has 0 spiro atoms. The number of aliphatic hydroxyl groups is 1. The minimum atomic E-state index is -0.553. The van der Waals surface area contributed by atoms with Crippen LogP contribution in [0.1, 0.15) is 20.3 Å². The van der Waals surface area contributed by atoms with Crippen molar-refractivity contribution in [3.05, 3.63) is 33.2 Å². The van der Waals surface area contributed by atoms with E-state index in [1.54, 1.807) is 12.3 Å². The van der Waals surface area contributed by atoms with Gasteiger partial charge >= 0.3 is 0 Å². The second kappa shape index (κ2) is 7.45. The zero-order valence-corrected chi connectivity index (χ0v) is 12.7. The molecule has 0 radical (unpaired) electrons. The van der Waals surface area contributed by atoms with Crippen LogP contribution in [0.5, 0.6) is 0 Å². The fourth-order valence-electron chi connectivity index (χ4n) is 1.70. The van der Waals surface area contributed by atoms with E-state index in [-0.39, 0.29) is 24.6 Å². The van der Waals surface area contributed by atoms with Crippen LogP contribution < -0.4 is 10.9 Å². The summed E-state index contributed by atoms with van der Waals surface area (Å²) in [5.74, 6) is 0.0857. The average Bonchev–Trinajstić information content (AvgIpc) is 2.30. The first-order valence-electron chi connectivity index (χ1n) is 6.19. The van der Waals surface area contributed by atoms with Crippen molar-refractivity contribution in [3.63, 3.8) is 0 Å². The van der Waals surface area contributed by atoms with Gasteiger partial charge in [-0.3, -0.25) is 9.59 Å². The second-order valence-corrected chi connectivity index (χ2v) is 5.82. The van der Waals surface area contributed by atoms with Gasteiger partial charge in [-0.2, -0.15) is 0 Å². The highest BCUT2D eigenvalue weighted by Crippen LogP contribution is 2.05. The van der Waals surface area contributed by atoms with E-state index in [2.05, 4.69) is 21.2 Å². The highest BCUT2D eigenvalue weighted by Gasteiger charge is 2.10. The van der Waals surface area contributed by atoms with E-state index in [4.69, 9.17) is 0 Å². The van der Waals surface area contributed by atoms with Crippen LogP contribution in [0.4, 0.5) is 0 Å². The molecule has 6 heteroatoms. The van der Waals surface area contributed by atoms with Gasteiger partial charge in [0.2, 0.25) is 5.91 Å². The van der Waals surface area contributed by atoms with E-state index in [9.17, 15) is 14.7 Å². The summed E-state index contributed by atoms with van der Waals surface area (Å²) in [7, 11) is 0. The Kier molecular flexibility index (Phi) is 6.24. The number of carbonyl (C=O) groups is 1. The highest BCUT2D eigenvalue weighted by atomic mass is 79.9. The molecule has 1 atom stereocenters. The number of hydrogen-bond donors (Lipinski definition) is 2. The molecule has 5 nitrogen and oxygen atoms in total. The number of nitrogens with zero attached hydrogens (tertiary/aromatic N) is 1. The molecule has 1 rings (SSSR count). The van der Waals surface area contributed by atoms with E-state index in [1.807, 2.05) is 13.8 Å². The number of halogens is 1. The van der Waals surface area contributed by atoms with Crippen molar-refractivity contribution in [1.82, 2.24) is 9.88 Å². The average molecular weight is 331 g/mol. The van der Waals surface area contributed by atoms with Gasteiger partial charge in [0.05, 0.1) is 6.10 Å². The molecule has 0 aliphatic rings. The lowest BCUT2D eigenvalue weighted by molar-refractivity contribution is -0.122. The molecule has 1 unspecified atom stereocenters. The second-order valence-electron chi connectivity index (χ2n) is 4.90. The van der Waals surface area contributed by atoms with E-state index < -0.39 is 6.10 Å². The van der Waals surface area contributed by atoms with Crippen molar-refractivity contribution in [2.45, 2.75) is 32.9 Å². The van der Waals surface area contributed by atoms with Crippen LogP contribution in [-0.2, 0) is 11.3 Å². The quantitative estimate of drug-likeness (QED) is 0.821. The summed E-state index contributed by atoms with van der Waals surface area (Å²) < 4.78 is 2.05. The molecule has 1 aromatic rings. The smallest absolute Gasteiger partial charge is 0.251 e. The molecule has 0 aromatic carbocycles. The van der Waals surface area contributed by atoms with Gasteiger partial charge in [-0.1, -0.05) is 13.8 Å². The molecular formula is C13H19BrN2O3. The van der Waals surface area contributed by atoms with Crippen molar-refractivity contribution in [1.29, 1.82) is 0 Å². The molecule has 0 saturated carbocycles. The summed E-state index contributed by atoms with van der Waals surface area (Å²) in [4.78, 5) is 23.2. The number of rotatable bonds is 6. The number of hydrogen-bond acceptors (Lipinski definition) is 3. The molecule has 1 amide bonds. The Morgan fingerprint density at radius 1 is 1.47 bits per heavy atom. The van der Waals surface area contributed by atoms with Crippen molar-refractivity contribution < 1.29 is 9.90 Å². The lowest BCUT2D eigenvalue weighted by atomic mass is 10.1. The minimum Gasteiger partial charge on any atom is -0.391 e. The third-order valence-electron chi connectivity index (χ3n) is 2.54. The van der Waals surface area contributed by atoms with Crippen molar-refractivity contribution >= 4 is 21.8 Å². The molecule has 0 aliphatic carbocycles. The summed E-state index contributed by atoms with van der Waals surface area (Å²) in [6.45, 7) is 4.17. The Morgan fingerprint density at radius 2 is 2.16 bits per heavy atom. The fourth-order valence-corrected chi connectivity index (χ4v) is 2.07. The van der Waals surface area contributed by atoms with Gasteiger partial charge in [0.15, 0.2) is 0 Å². The SMILES string of the molecule is CC(C)CC(O)CNC(=O)Cn1cc(Br)ccc1=O. The fraction of sp³-hybridized carbons (Fsp3) is 0.538. The van der Waals surface area contributed by atoms with Crippen LogP contribution in [0.15, 0.2) is 27.6 Å². The third kappa shape index (κ3) is 6.02. The molecular weight excluding hydrogens is 312 g/mol. The first-order valence-corrected chi connectivity index (χ1v) is 6.98. The third-order valence-corrected chi connectivity index (χ3v) is 3.01. The van der Waals surface area contributed by atoms with Crippen LogP contribution in [0.2, 0.25) is 0 Å². The molecule has 19 heavy (non-hydrogen) atoms. The lowest BCUT2D eigenvalue weighted by Crippen LogP contribution is -2.36. The van der Waals surface area contributed by atoms with Crippen molar-refractivity contribution in [3.8, 4) is 0 Å². The van der Waals surface area contributed by atoms with E-state index in [1.165, 1.54) is 10.6 Å². The van der Waals surface area contributed by atoms with Gasteiger partial charge in [-0.25, -0.2) is 0 Å². The van der Waals surface area contributed by atoms with Gasteiger partial charge in [0.1, 0.15) is 6.54 Å². The van der Waals surface area contributed by atoms with Gasteiger partial charge in [0, 0.05) is 23.3 Å². The maximum atomic E-state index is 11.7. The Hall–Kier alpha value is -1.14. The minimum absolute atomic E-state index is 0.0489. The number of aliphatic hydroxyl groups excluding tert-OH is 1. The largest absolute Gasteiger partial charge is 0.391 e. The predicted octanol–water partition coefficient (Wildman–Crippen LogP) is 1.13. The zero-order chi connectivity index (χ0) is 14.4. The number of pyridine rings is 1. The normalized spacial score (nSPS) is 12.5. The molecule has 0 fully saturated rings. The number of aromatic nitrogens is 1. The summed E-state index contributed by atoms with van der Waals surface area (Å²) in [6, 6.07) is 3.02. The Balaban J connectivity index is 2.47. The summed E-state index contributed by atoms with van der Waals surface area (Å²) >= 11 is 3.24. The van der Waals surface area contributed by atoms with Gasteiger partial charge in [-0.15, -0.1) is 0 Å². The zero-order valence-electron chi connectivity index (χ0n) is 11.1. The van der Waals surface area contributed by atoms with E-state index in [0.717, 1.165) is 4.47 Å². The Morgan fingerprint density at radius 3 is 2.79 bits per heavy atom. The first-order chi connectivity index (χ1) is 8.88. The van der Waals surface area contributed by atoms with E-state index in [0.29, 0.717) is 12.3 Å². The number of amides is 1. The van der Waals surface area contributed by atoms with Gasteiger partial charge < -0.3 is 15.0 Å². The lowest BCUT2D eigenvalue weighted by Gasteiger charge is -2.14. The highest BCUT2D eigenvalue weighted by molar-refractivity contribution is 9.10. The molecule has 106 valence electrons. The monoisotopic (exact) mass is 330 g/mol. The van der Waals surface area contributed by atoms with Crippen LogP contribution in [0, 0.1) is 5.92 Å². The standard InChI is InChI=1S/C13H19BrN2O3/c1-9(2)5-11(17)6-15-12(18)8-16-7-10(14)3-4-13(16)19/h3-4,7,9,11,17H,5-6,8H2,1-2H3,(H,15,18). The van der Waals surface area contributed by atoms with Crippen molar-refractivity contribution in [2.75, 3.05) is 6.54 Å². The predicted molar refractivity (Wildman–Crippen MR) is 76.9 cm³/mol. The maximum Gasteiger partial charge on any atom is 0.251 e. The van der Waals surface area contributed by atoms with Crippen LogP contribution in [0.3, 0.4) is 0 Å². The Labute approximate surface area is 120 Å². The van der Waals surface area contributed by atoms with E-state index >= 15 is 0 Å². The molecule has 0 aliphatic heterocycles. The first kappa shape index (κ1) is 15.9. The van der Waals surface area contributed by atoms with Crippen molar-refractivity contribution in [2.24, 2.45) is 5.92 Å². The van der Waals surface area contributed by atoms with Crippen LogP contribution in [0.25, 0.3) is 0 Å². The maximum absolute atomic E-state index is 11.7. The summed E-state index contributed by atoms with van der Waals surface area (Å²) in [5, 5.41) is 12.3. The number of carbonyl (C=O) groups excluding carboxylic acids is 1. The summed E-state index contributed by atoms with van der Waals surface area (Å²) in [6.07, 6.45) is 1.65.